The van der Waals surface area contributed by atoms with E-state index < -0.39 is 47.9 Å². The summed E-state index contributed by atoms with van der Waals surface area (Å²) in [6, 6.07) is 2.35. The summed E-state index contributed by atoms with van der Waals surface area (Å²) in [7, 11) is 0. The van der Waals surface area contributed by atoms with Crippen LogP contribution in [0, 0.1) is 0 Å². The number of benzene rings is 1. The van der Waals surface area contributed by atoms with Gasteiger partial charge in [0, 0.05) is 6.42 Å². The van der Waals surface area contributed by atoms with E-state index in [4.69, 9.17) is 5.73 Å². The fourth-order valence-corrected chi connectivity index (χ4v) is 3.22. The molecule has 0 bridgehead atoms. The van der Waals surface area contributed by atoms with E-state index in [1.54, 1.807) is 12.1 Å². The van der Waals surface area contributed by atoms with Crippen LogP contribution in [0.3, 0.4) is 0 Å². The van der Waals surface area contributed by atoms with E-state index in [1.807, 2.05) is 6.26 Å². The van der Waals surface area contributed by atoms with Crippen molar-refractivity contribution in [3.8, 4) is 5.75 Å². The first-order chi connectivity index (χ1) is 15.1. The summed E-state index contributed by atoms with van der Waals surface area (Å²) in [6.07, 6.45) is 0.725. The number of aliphatic hydroxyl groups is 1. The third-order valence-electron chi connectivity index (χ3n) is 4.50. The minimum absolute atomic E-state index is 0.0423. The van der Waals surface area contributed by atoms with E-state index in [1.165, 1.54) is 30.8 Å². The Morgan fingerprint density at radius 3 is 2.12 bits per heavy atom. The number of carbonyl (C=O) groups excluding carboxylic acids is 3. The van der Waals surface area contributed by atoms with Crippen LogP contribution in [0.4, 0.5) is 0 Å². The average molecular weight is 471 g/mol. The lowest BCUT2D eigenvalue weighted by Gasteiger charge is -2.25. The van der Waals surface area contributed by atoms with Gasteiger partial charge < -0.3 is 37.0 Å². The van der Waals surface area contributed by atoms with Crippen LogP contribution in [0.1, 0.15) is 18.9 Å². The number of rotatable bonds is 13. The van der Waals surface area contributed by atoms with Crippen LogP contribution in [0.2, 0.25) is 0 Å². The van der Waals surface area contributed by atoms with Crippen LogP contribution in [-0.2, 0) is 25.6 Å². The molecule has 0 heterocycles. The predicted octanol–water partition coefficient (Wildman–Crippen LogP) is -1.43. The van der Waals surface area contributed by atoms with Gasteiger partial charge in [-0.1, -0.05) is 12.1 Å². The largest absolute Gasteiger partial charge is 0.508 e. The van der Waals surface area contributed by atoms with Crippen molar-refractivity contribution in [1.29, 1.82) is 0 Å². The molecule has 3 amide bonds. The van der Waals surface area contributed by atoms with Gasteiger partial charge in [-0.3, -0.25) is 14.4 Å². The summed E-state index contributed by atoms with van der Waals surface area (Å²) < 4.78 is 0. The minimum Gasteiger partial charge on any atom is -0.508 e. The summed E-state index contributed by atoms with van der Waals surface area (Å²) in [6.45, 7) is 0.884. The number of phenolic OH excluding ortho intramolecular Hbond substituents is 1. The Morgan fingerprint density at radius 1 is 1.03 bits per heavy atom. The third-order valence-corrected chi connectivity index (χ3v) is 5.15. The van der Waals surface area contributed by atoms with Crippen LogP contribution in [-0.4, -0.2) is 81.8 Å². The van der Waals surface area contributed by atoms with Gasteiger partial charge in [-0.25, -0.2) is 4.79 Å². The molecule has 0 aromatic heterocycles. The molecule has 0 aliphatic rings. The minimum atomic E-state index is -1.54. The maximum atomic E-state index is 12.9. The SMILES string of the molecule is CSCCC(NC(=O)C(Cc1ccc(O)cc1)NC(=O)CN)C(=O)NC(C(=O)O)C(C)O. The monoisotopic (exact) mass is 470 g/mol. The summed E-state index contributed by atoms with van der Waals surface area (Å²) >= 11 is 1.43. The lowest BCUT2D eigenvalue weighted by atomic mass is 10.0. The second-order valence-corrected chi connectivity index (χ2v) is 8.09. The number of aliphatic carboxylic acids is 1. The molecule has 1 aromatic rings. The van der Waals surface area contributed by atoms with Gasteiger partial charge >= 0.3 is 5.97 Å². The van der Waals surface area contributed by atoms with Gasteiger partial charge in [0.15, 0.2) is 6.04 Å². The quantitative estimate of drug-likeness (QED) is 0.181. The van der Waals surface area contributed by atoms with Gasteiger partial charge in [-0.15, -0.1) is 0 Å². The standard InChI is InChI=1S/C20H30N4O7S/c1-11(25)17(20(30)31)24-18(28)14(7-8-32-2)23-19(29)15(22-16(27)10-21)9-12-3-5-13(26)6-4-12/h3-6,11,14-15,17,25-26H,7-10,21H2,1-2H3,(H,22,27)(H,23,29)(H,24,28)(H,30,31). The zero-order valence-electron chi connectivity index (χ0n) is 17.9. The van der Waals surface area contributed by atoms with E-state index in [0.29, 0.717) is 11.3 Å². The van der Waals surface area contributed by atoms with Crippen LogP contribution in [0.25, 0.3) is 0 Å². The Kier molecular flexibility index (Phi) is 11.5. The molecule has 8 N–H and O–H groups in total. The summed E-state index contributed by atoms with van der Waals surface area (Å²) in [4.78, 5) is 48.7. The summed E-state index contributed by atoms with van der Waals surface area (Å²) in [5, 5.41) is 35.5. The highest BCUT2D eigenvalue weighted by Crippen LogP contribution is 2.12. The summed E-state index contributed by atoms with van der Waals surface area (Å²) in [5.41, 5.74) is 5.98. The van der Waals surface area contributed by atoms with E-state index in [9.17, 15) is 34.5 Å². The van der Waals surface area contributed by atoms with Gasteiger partial charge in [-0.2, -0.15) is 11.8 Å². The van der Waals surface area contributed by atoms with Crippen LogP contribution >= 0.6 is 11.8 Å². The number of hydrogen-bond donors (Lipinski definition) is 7. The molecule has 11 nitrogen and oxygen atoms in total. The number of aliphatic hydroxyl groups excluding tert-OH is 1. The van der Waals surface area contributed by atoms with E-state index in [0.717, 1.165) is 0 Å². The second-order valence-electron chi connectivity index (χ2n) is 7.10. The second kappa shape index (κ2) is 13.6. The third kappa shape index (κ3) is 9.12. The first kappa shape index (κ1) is 27.2. The number of hydrogen-bond acceptors (Lipinski definition) is 8. The Morgan fingerprint density at radius 2 is 1.62 bits per heavy atom. The molecule has 1 aromatic carbocycles. The number of carboxylic acid groups (broad SMARTS) is 1. The van der Waals surface area contributed by atoms with Crippen LogP contribution < -0.4 is 21.7 Å². The lowest BCUT2D eigenvalue weighted by Crippen LogP contribution is -2.58. The molecule has 4 unspecified atom stereocenters. The van der Waals surface area contributed by atoms with E-state index >= 15 is 0 Å². The molecule has 178 valence electrons. The van der Waals surface area contributed by atoms with Gasteiger partial charge in [-0.05, 0) is 43.0 Å². The van der Waals surface area contributed by atoms with Crippen molar-refractivity contribution >= 4 is 35.5 Å². The number of aromatic hydroxyl groups is 1. The number of carbonyl (C=O) groups is 4. The first-order valence-corrected chi connectivity index (χ1v) is 11.3. The van der Waals surface area contributed by atoms with Crippen LogP contribution in [0.15, 0.2) is 24.3 Å². The molecule has 4 atom stereocenters. The lowest BCUT2D eigenvalue weighted by molar-refractivity contribution is -0.145. The van der Waals surface area contributed by atoms with E-state index in [2.05, 4.69) is 16.0 Å². The molecule has 0 fully saturated rings. The average Bonchev–Trinajstić information content (AvgIpc) is 2.74. The van der Waals surface area contributed by atoms with Gasteiger partial charge in [0.05, 0.1) is 12.6 Å². The van der Waals surface area contributed by atoms with Crippen molar-refractivity contribution in [2.24, 2.45) is 5.73 Å². The Balaban J connectivity index is 3.01. The predicted molar refractivity (Wildman–Crippen MR) is 119 cm³/mol. The highest BCUT2D eigenvalue weighted by molar-refractivity contribution is 7.98. The summed E-state index contributed by atoms with van der Waals surface area (Å²) in [5.74, 6) is -2.89. The molecule has 0 radical (unpaired) electrons. The maximum Gasteiger partial charge on any atom is 0.328 e. The first-order valence-electron chi connectivity index (χ1n) is 9.86. The zero-order valence-corrected chi connectivity index (χ0v) is 18.7. The molecule has 12 heteroatoms. The molecule has 0 spiro atoms. The molecule has 32 heavy (non-hydrogen) atoms. The molecular formula is C20H30N4O7S. The fourth-order valence-electron chi connectivity index (χ4n) is 2.75. The molecular weight excluding hydrogens is 440 g/mol. The molecule has 0 saturated heterocycles. The maximum absolute atomic E-state index is 12.9. The van der Waals surface area contributed by atoms with Crippen molar-refractivity contribution in [3.63, 3.8) is 0 Å². The number of amides is 3. The Labute approximate surface area is 190 Å². The zero-order chi connectivity index (χ0) is 24.3. The Bertz CT molecular complexity index is 789. The highest BCUT2D eigenvalue weighted by Gasteiger charge is 2.31. The topological polar surface area (TPSA) is 191 Å². The number of nitrogens with one attached hydrogen (secondary N) is 3. The molecule has 0 saturated carbocycles. The van der Waals surface area contributed by atoms with Crippen molar-refractivity contribution in [2.45, 2.75) is 44.0 Å². The highest BCUT2D eigenvalue weighted by atomic mass is 32.2. The van der Waals surface area contributed by atoms with Gasteiger partial charge in [0.25, 0.3) is 0 Å². The van der Waals surface area contributed by atoms with Gasteiger partial charge in [0.1, 0.15) is 17.8 Å². The number of nitrogens with two attached hydrogens (primary N) is 1. The molecule has 1 rings (SSSR count). The Hall–Kier alpha value is -2.83. The van der Waals surface area contributed by atoms with Crippen molar-refractivity contribution < 1.29 is 34.5 Å². The van der Waals surface area contributed by atoms with Crippen LogP contribution in [0.5, 0.6) is 5.75 Å². The van der Waals surface area contributed by atoms with E-state index in [-0.39, 0.29) is 25.1 Å². The van der Waals surface area contributed by atoms with Crippen molar-refractivity contribution in [1.82, 2.24) is 16.0 Å². The molecule has 0 aliphatic heterocycles. The number of carboxylic acids is 1. The normalized spacial score (nSPS) is 14.5. The van der Waals surface area contributed by atoms with Gasteiger partial charge in [0.2, 0.25) is 17.7 Å². The molecule has 0 aliphatic carbocycles. The van der Waals surface area contributed by atoms with Crippen molar-refractivity contribution in [2.75, 3.05) is 18.6 Å². The smallest absolute Gasteiger partial charge is 0.328 e. The van der Waals surface area contributed by atoms with Crippen molar-refractivity contribution in [3.05, 3.63) is 29.8 Å². The fraction of sp³-hybridized carbons (Fsp3) is 0.500. The number of thioether (sulfide) groups is 1. The number of phenols is 1.